The van der Waals surface area contributed by atoms with E-state index in [1.54, 1.807) is 37.3 Å². The second kappa shape index (κ2) is 11.3. The molecule has 1 aliphatic rings. The number of carbonyl (C=O) groups excluding carboxylic acids is 1. The van der Waals surface area contributed by atoms with Crippen LogP contribution in [0, 0.1) is 0 Å². The van der Waals surface area contributed by atoms with Crippen molar-refractivity contribution in [3.8, 4) is 17.2 Å². The van der Waals surface area contributed by atoms with Gasteiger partial charge in [0.15, 0.2) is 18.2 Å². The van der Waals surface area contributed by atoms with Crippen molar-refractivity contribution in [3.63, 3.8) is 0 Å². The van der Waals surface area contributed by atoms with E-state index in [0.717, 1.165) is 37.4 Å². The Morgan fingerprint density at radius 2 is 1.87 bits per heavy atom. The number of carbonyl (C=O) groups is 1. The molecule has 0 atom stereocenters. The van der Waals surface area contributed by atoms with Crippen LogP contribution in [-0.2, 0) is 6.42 Å². The summed E-state index contributed by atoms with van der Waals surface area (Å²) in [5.74, 6) is 2.06. The number of hydrogen-bond donors (Lipinski definition) is 0. The molecule has 2 aromatic rings. The van der Waals surface area contributed by atoms with Crippen molar-refractivity contribution in [2.75, 3.05) is 47.6 Å². The molecule has 2 aromatic carbocycles. The van der Waals surface area contributed by atoms with E-state index < -0.39 is 0 Å². The number of hydrogen-bond acceptors (Lipinski definition) is 5. The molecule has 164 valence electrons. The second-order valence-electron chi connectivity index (χ2n) is 7.08. The van der Waals surface area contributed by atoms with Gasteiger partial charge in [0.2, 0.25) is 0 Å². The summed E-state index contributed by atoms with van der Waals surface area (Å²) in [6, 6.07) is 11.1. The van der Waals surface area contributed by atoms with Gasteiger partial charge in [-0.05, 0) is 62.3 Å². The molecule has 1 aliphatic heterocycles. The van der Waals surface area contributed by atoms with Crippen molar-refractivity contribution in [1.82, 2.24) is 9.80 Å². The normalized spacial score (nSPS) is 12.8. The maximum Gasteiger partial charge on any atom is 0.260 e. The van der Waals surface area contributed by atoms with E-state index in [-0.39, 0.29) is 25.0 Å². The molecule has 6 nitrogen and oxygen atoms in total. The Hall–Kier alpha value is -2.15. The number of likely N-dealkylation sites (N-methyl/N-ethyl adjacent to an activating group) is 1. The van der Waals surface area contributed by atoms with Crippen LogP contribution in [0.2, 0.25) is 5.02 Å². The fraction of sp³-hybridized carbons (Fsp3) is 0.409. The molecule has 0 bridgehead atoms. The van der Waals surface area contributed by atoms with E-state index in [1.165, 1.54) is 5.56 Å². The first kappa shape index (κ1) is 24.1. The Kier molecular flexibility index (Phi) is 9.08. The average Bonchev–Trinajstić information content (AvgIpc) is 2.74. The van der Waals surface area contributed by atoms with Crippen molar-refractivity contribution >= 4 is 29.9 Å². The maximum absolute atomic E-state index is 12.6. The van der Waals surface area contributed by atoms with E-state index in [1.807, 2.05) is 12.1 Å². The van der Waals surface area contributed by atoms with E-state index in [9.17, 15) is 4.79 Å². The zero-order valence-electron chi connectivity index (χ0n) is 17.5. The highest BCUT2D eigenvalue weighted by molar-refractivity contribution is 6.31. The smallest absolute Gasteiger partial charge is 0.260 e. The topological polar surface area (TPSA) is 51.2 Å². The van der Waals surface area contributed by atoms with Crippen LogP contribution in [0.1, 0.15) is 22.3 Å². The molecule has 0 aromatic heterocycles. The van der Waals surface area contributed by atoms with Gasteiger partial charge in [-0.1, -0.05) is 17.7 Å². The summed E-state index contributed by atoms with van der Waals surface area (Å²) < 4.78 is 16.3. The summed E-state index contributed by atoms with van der Waals surface area (Å²) in [6.07, 6.45) is 1.78. The minimum Gasteiger partial charge on any atom is -0.493 e. The molecule has 0 saturated heterocycles. The van der Waals surface area contributed by atoms with Gasteiger partial charge in [0.1, 0.15) is 5.75 Å². The minimum absolute atomic E-state index is 0. The lowest BCUT2D eigenvalue weighted by molar-refractivity contribution is 0.0512. The van der Waals surface area contributed by atoms with Gasteiger partial charge in [0.05, 0.1) is 19.8 Å². The number of methoxy groups -OCH3 is 2. The summed E-state index contributed by atoms with van der Waals surface area (Å²) in [6.45, 7) is 2.73. The molecule has 0 unspecified atom stereocenters. The van der Waals surface area contributed by atoms with Crippen LogP contribution in [-0.4, -0.2) is 63.3 Å². The van der Waals surface area contributed by atoms with Gasteiger partial charge in [0, 0.05) is 18.1 Å². The predicted molar refractivity (Wildman–Crippen MR) is 121 cm³/mol. The first-order valence-electron chi connectivity index (χ1n) is 9.63. The van der Waals surface area contributed by atoms with Crippen LogP contribution in [0.4, 0.5) is 0 Å². The molecule has 0 radical (unpaired) electrons. The Labute approximate surface area is 189 Å². The van der Waals surface area contributed by atoms with Crippen molar-refractivity contribution in [2.45, 2.75) is 12.8 Å². The number of fused-ring (bicyclic) bond motifs is 1. The molecule has 0 fully saturated rings. The number of halogens is 2. The van der Waals surface area contributed by atoms with Crippen molar-refractivity contribution in [3.05, 3.63) is 52.5 Å². The van der Waals surface area contributed by atoms with E-state index in [2.05, 4.69) is 18.0 Å². The molecule has 1 amide bonds. The summed E-state index contributed by atoms with van der Waals surface area (Å²) in [4.78, 5) is 16.6. The van der Waals surface area contributed by atoms with Crippen molar-refractivity contribution in [2.24, 2.45) is 0 Å². The van der Waals surface area contributed by atoms with Gasteiger partial charge in [0.25, 0.3) is 5.91 Å². The molecule has 0 N–H and O–H groups in total. The third kappa shape index (κ3) is 5.94. The maximum atomic E-state index is 12.6. The Morgan fingerprint density at radius 1 is 1.10 bits per heavy atom. The number of benzene rings is 2. The van der Waals surface area contributed by atoms with Crippen LogP contribution in [0.3, 0.4) is 0 Å². The van der Waals surface area contributed by atoms with Crippen LogP contribution >= 0.6 is 24.0 Å². The summed E-state index contributed by atoms with van der Waals surface area (Å²) >= 11 is 6.01. The molecule has 0 spiro atoms. The first-order chi connectivity index (χ1) is 14.0. The molecule has 30 heavy (non-hydrogen) atoms. The molecule has 0 aliphatic carbocycles. The fourth-order valence-electron chi connectivity index (χ4n) is 3.34. The van der Waals surface area contributed by atoms with Crippen LogP contribution < -0.4 is 14.2 Å². The highest BCUT2D eigenvalue weighted by Gasteiger charge is 2.25. The quantitative estimate of drug-likeness (QED) is 0.569. The zero-order chi connectivity index (χ0) is 20.8. The summed E-state index contributed by atoms with van der Waals surface area (Å²) in [5, 5.41) is 0.539. The Morgan fingerprint density at radius 3 is 2.60 bits per heavy atom. The van der Waals surface area contributed by atoms with Gasteiger partial charge in [-0.15, -0.1) is 12.4 Å². The second-order valence-corrected chi connectivity index (χ2v) is 7.52. The summed E-state index contributed by atoms with van der Waals surface area (Å²) in [7, 11) is 5.37. The van der Waals surface area contributed by atoms with Crippen molar-refractivity contribution < 1.29 is 19.0 Å². The number of rotatable bonds is 9. The Bertz CT molecular complexity index is 863. The van der Waals surface area contributed by atoms with Crippen LogP contribution in [0.25, 0.3) is 0 Å². The first-order valence-corrected chi connectivity index (χ1v) is 10.0. The van der Waals surface area contributed by atoms with Gasteiger partial charge < -0.3 is 24.0 Å². The largest absolute Gasteiger partial charge is 0.493 e. The van der Waals surface area contributed by atoms with Gasteiger partial charge in [-0.3, -0.25) is 4.79 Å². The van der Waals surface area contributed by atoms with E-state index in [0.29, 0.717) is 22.9 Å². The molecule has 3 rings (SSSR count). The average molecular weight is 455 g/mol. The zero-order valence-corrected chi connectivity index (χ0v) is 19.1. The standard InChI is InChI=1S/C22H27ClN2O4.ClH/c1-24(12-9-16-5-7-20(27-2)21(13-16)28-3)10-4-11-25-15-29-19-8-6-17(23)14-18(19)22(25)26;/h5-8,13-14H,4,9-12,15H2,1-3H3;1H. The minimum atomic E-state index is -0.0262. The third-order valence-corrected chi connectivity index (χ3v) is 5.27. The lowest BCUT2D eigenvalue weighted by Crippen LogP contribution is -2.40. The predicted octanol–water partition coefficient (Wildman–Crippen LogP) is 4.14. The van der Waals surface area contributed by atoms with Crippen LogP contribution in [0.15, 0.2) is 36.4 Å². The van der Waals surface area contributed by atoms with E-state index >= 15 is 0 Å². The highest BCUT2D eigenvalue weighted by atomic mass is 35.5. The number of ether oxygens (including phenoxy) is 3. The lowest BCUT2D eigenvalue weighted by atomic mass is 10.1. The SMILES string of the molecule is COc1ccc(CCN(C)CCCN2COc3ccc(Cl)cc3C2=O)cc1OC.Cl. The third-order valence-electron chi connectivity index (χ3n) is 5.03. The molecule has 1 heterocycles. The number of amides is 1. The van der Waals surface area contributed by atoms with Crippen molar-refractivity contribution in [1.29, 1.82) is 0 Å². The fourth-order valence-corrected chi connectivity index (χ4v) is 3.51. The monoisotopic (exact) mass is 454 g/mol. The lowest BCUT2D eigenvalue weighted by Gasteiger charge is -2.29. The molecular weight excluding hydrogens is 427 g/mol. The summed E-state index contributed by atoms with van der Waals surface area (Å²) in [5.41, 5.74) is 1.73. The molecular formula is C22H28Cl2N2O4. The number of nitrogens with zero attached hydrogens (tertiary/aromatic N) is 2. The van der Waals surface area contributed by atoms with Gasteiger partial charge >= 0.3 is 0 Å². The molecule has 0 saturated carbocycles. The highest BCUT2D eigenvalue weighted by Crippen LogP contribution is 2.28. The van der Waals surface area contributed by atoms with Gasteiger partial charge in [-0.2, -0.15) is 0 Å². The Balaban J connectivity index is 0.00000320. The van der Waals surface area contributed by atoms with Gasteiger partial charge in [-0.25, -0.2) is 0 Å². The van der Waals surface area contributed by atoms with Crippen LogP contribution in [0.5, 0.6) is 17.2 Å². The molecule has 8 heteroatoms. The van der Waals surface area contributed by atoms with E-state index in [4.69, 9.17) is 25.8 Å².